The lowest BCUT2D eigenvalue weighted by atomic mass is 10.1. The molecule has 0 aromatic carbocycles. The first-order chi connectivity index (χ1) is 6.77. The molecule has 0 radical (unpaired) electrons. The van der Waals surface area contributed by atoms with Gasteiger partial charge in [0.25, 0.3) is 0 Å². The number of hydrogen-bond donors (Lipinski definition) is 2. The Bertz CT molecular complexity index is 273. The van der Waals surface area contributed by atoms with Crippen molar-refractivity contribution in [2.75, 3.05) is 0 Å². The normalized spacial score (nSPS) is 10.8. The first kappa shape index (κ1) is 11.5. The summed E-state index contributed by atoms with van der Waals surface area (Å²) in [5, 5.41) is 9.29. The molecule has 4 heteroatoms. The van der Waals surface area contributed by atoms with Gasteiger partial charge in [0.2, 0.25) is 0 Å². The standard InChI is InChI=1S/C10H17ClN2O/c1-2-3-4-5-6-9-12-8(7-14)10(11)13-9/h14H,2-7H2,1H3,(H,12,13). The van der Waals surface area contributed by atoms with Crippen molar-refractivity contribution in [2.24, 2.45) is 0 Å². The second-order valence-electron chi connectivity index (χ2n) is 3.42. The van der Waals surface area contributed by atoms with Crippen LogP contribution in [0.1, 0.15) is 44.1 Å². The van der Waals surface area contributed by atoms with Crippen molar-refractivity contribution < 1.29 is 5.11 Å². The minimum atomic E-state index is -0.0687. The molecule has 0 aliphatic heterocycles. The summed E-state index contributed by atoms with van der Waals surface area (Å²) in [7, 11) is 0. The maximum atomic E-state index is 8.89. The average molecular weight is 217 g/mol. The predicted octanol–water partition coefficient (Wildman–Crippen LogP) is 2.68. The van der Waals surface area contributed by atoms with Gasteiger partial charge in [-0.3, -0.25) is 0 Å². The molecule has 1 heterocycles. The number of hydrogen-bond acceptors (Lipinski definition) is 2. The van der Waals surface area contributed by atoms with Crippen molar-refractivity contribution in [1.82, 2.24) is 9.97 Å². The number of aromatic nitrogens is 2. The number of aliphatic hydroxyl groups excluding tert-OH is 1. The van der Waals surface area contributed by atoms with Crippen LogP contribution >= 0.6 is 11.6 Å². The van der Waals surface area contributed by atoms with Crippen LogP contribution < -0.4 is 0 Å². The van der Waals surface area contributed by atoms with Gasteiger partial charge < -0.3 is 10.1 Å². The fourth-order valence-electron chi connectivity index (χ4n) is 1.38. The molecule has 80 valence electrons. The SMILES string of the molecule is CCCCCCc1nc(Cl)c(CO)[nH]1. The maximum Gasteiger partial charge on any atom is 0.152 e. The molecular formula is C10H17ClN2O. The van der Waals surface area contributed by atoms with Gasteiger partial charge in [0, 0.05) is 6.42 Å². The summed E-state index contributed by atoms with van der Waals surface area (Å²) in [4.78, 5) is 7.14. The van der Waals surface area contributed by atoms with Gasteiger partial charge in [0.1, 0.15) is 5.82 Å². The number of aryl methyl sites for hydroxylation is 1. The van der Waals surface area contributed by atoms with E-state index in [1.54, 1.807) is 0 Å². The zero-order chi connectivity index (χ0) is 10.4. The van der Waals surface area contributed by atoms with E-state index in [-0.39, 0.29) is 6.61 Å². The third kappa shape index (κ3) is 3.31. The second-order valence-corrected chi connectivity index (χ2v) is 3.78. The molecule has 0 unspecified atom stereocenters. The van der Waals surface area contributed by atoms with E-state index in [9.17, 15) is 0 Å². The summed E-state index contributed by atoms with van der Waals surface area (Å²) in [6.45, 7) is 2.12. The molecule has 0 aliphatic carbocycles. The Labute approximate surface area is 89.5 Å². The highest BCUT2D eigenvalue weighted by Crippen LogP contribution is 2.14. The summed E-state index contributed by atoms with van der Waals surface area (Å²) in [6.07, 6.45) is 5.77. The zero-order valence-electron chi connectivity index (χ0n) is 8.52. The van der Waals surface area contributed by atoms with Crippen molar-refractivity contribution in [3.8, 4) is 0 Å². The topological polar surface area (TPSA) is 48.9 Å². The maximum absolute atomic E-state index is 8.89. The molecular weight excluding hydrogens is 200 g/mol. The van der Waals surface area contributed by atoms with Gasteiger partial charge in [-0.1, -0.05) is 37.8 Å². The molecule has 0 atom stereocenters. The highest BCUT2D eigenvalue weighted by atomic mass is 35.5. The summed E-state index contributed by atoms with van der Waals surface area (Å²) in [6, 6.07) is 0. The minimum absolute atomic E-state index is 0.0687. The van der Waals surface area contributed by atoms with Gasteiger partial charge in [-0.05, 0) is 6.42 Å². The van der Waals surface area contributed by atoms with Crippen LogP contribution in [-0.4, -0.2) is 15.1 Å². The lowest BCUT2D eigenvalue weighted by Crippen LogP contribution is -1.89. The number of aromatic amines is 1. The lowest BCUT2D eigenvalue weighted by molar-refractivity contribution is 0.277. The third-order valence-electron chi connectivity index (χ3n) is 2.20. The Balaban J connectivity index is 2.35. The van der Waals surface area contributed by atoms with Crippen molar-refractivity contribution in [3.63, 3.8) is 0 Å². The van der Waals surface area contributed by atoms with E-state index in [0.717, 1.165) is 18.7 Å². The molecule has 2 N–H and O–H groups in total. The van der Waals surface area contributed by atoms with Gasteiger partial charge in [-0.15, -0.1) is 0 Å². The van der Waals surface area contributed by atoms with Crippen LogP contribution in [0.15, 0.2) is 0 Å². The van der Waals surface area contributed by atoms with E-state index in [0.29, 0.717) is 10.8 Å². The number of aliphatic hydroxyl groups is 1. The van der Waals surface area contributed by atoms with Crippen LogP contribution in [0.25, 0.3) is 0 Å². The summed E-state index contributed by atoms with van der Waals surface area (Å²) in [5.74, 6) is 0.884. The van der Waals surface area contributed by atoms with Gasteiger partial charge in [-0.25, -0.2) is 4.98 Å². The van der Waals surface area contributed by atoms with E-state index in [4.69, 9.17) is 16.7 Å². The molecule has 14 heavy (non-hydrogen) atoms. The summed E-state index contributed by atoms with van der Waals surface area (Å²) >= 11 is 5.78. The van der Waals surface area contributed by atoms with Crippen molar-refractivity contribution in [1.29, 1.82) is 0 Å². The van der Waals surface area contributed by atoms with Crippen LogP contribution in [0.5, 0.6) is 0 Å². The lowest BCUT2D eigenvalue weighted by Gasteiger charge is -1.96. The summed E-state index contributed by atoms with van der Waals surface area (Å²) in [5.41, 5.74) is 0.622. The molecule has 0 saturated heterocycles. The van der Waals surface area contributed by atoms with Gasteiger partial charge in [0.15, 0.2) is 5.15 Å². The number of rotatable bonds is 6. The Hall–Kier alpha value is -0.540. The van der Waals surface area contributed by atoms with Gasteiger partial charge in [0.05, 0.1) is 12.3 Å². The van der Waals surface area contributed by atoms with Crippen molar-refractivity contribution in [3.05, 3.63) is 16.7 Å². The van der Waals surface area contributed by atoms with E-state index in [1.807, 2.05) is 0 Å². The van der Waals surface area contributed by atoms with E-state index in [1.165, 1.54) is 19.3 Å². The molecule has 1 aromatic heterocycles. The number of nitrogens with one attached hydrogen (secondary N) is 1. The fraction of sp³-hybridized carbons (Fsp3) is 0.700. The monoisotopic (exact) mass is 216 g/mol. The quantitative estimate of drug-likeness (QED) is 0.719. The molecule has 0 spiro atoms. The average Bonchev–Trinajstić information content (AvgIpc) is 2.54. The minimum Gasteiger partial charge on any atom is -0.390 e. The molecule has 0 aliphatic rings. The van der Waals surface area contributed by atoms with E-state index >= 15 is 0 Å². The number of unbranched alkanes of at least 4 members (excludes halogenated alkanes) is 3. The van der Waals surface area contributed by atoms with Gasteiger partial charge >= 0.3 is 0 Å². The highest BCUT2D eigenvalue weighted by molar-refractivity contribution is 6.30. The Morgan fingerprint density at radius 1 is 1.36 bits per heavy atom. The molecule has 0 amide bonds. The molecule has 1 aromatic rings. The Morgan fingerprint density at radius 2 is 2.14 bits per heavy atom. The van der Waals surface area contributed by atoms with Crippen molar-refractivity contribution >= 4 is 11.6 Å². The number of H-pyrrole nitrogens is 1. The molecule has 0 fully saturated rings. The smallest absolute Gasteiger partial charge is 0.152 e. The summed E-state index contributed by atoms with van der Waals surface area (Å²) < 4.78 is 0. The molecule has 3 nitrogen and oxygen atoms in total. The largest absolute Gasteiger partial charge is 0.390 e. The van der Waals surface area contributed by atoms with E-state index < -0.39 is 0 Å². The van der Waals surface area contributed by atoms with E-state index in [2.05, 4.69) is 16.9 Å². The second kappa shape index (κ2) is 6.04. The molecule has 0 bridgehead atoms. The number of halogens is 1. The van der Waals surface area contributed by atoms with Crippen LogP contribution in [0, 0.1) is 0 Å². The number of imidazole rings is 1. The highest BCUT2D eigenvalue weighted by Gasteiger charge is 2.06. The van der Waals surface area contributed by atoms with Crippen molar-refractivity contribution in [2.45, 2.75) is 45.6 Å². The Morgan fingerprint density at radius 3 is 2.71 bits per heavy atom. The molecule has 0 saturated carbocycles. The first-order valence-corrected chi connectivity index (χ1v) is 5.49. The first-order valence-electron chi connectivity index (χ1n) is 5.12. The zero-order valence-corrected chi connectivity index (χ0v) is 9.27. The predicted molar refractivity (Wildman–Crippen MR) is 57.4 cm³/mol. The third-order valence-corrected chi connectivity index (χ3v) is 2.52. The van der Waals surface area contributed by atoms with Crippen LogP contribution in [-0.2, 0) is 13.0 Å². The van der Waals surface area contributed by atoms with Crippen LogP contribution in [0.4, 0.5) is 0 Å². The number of nitrogens with zero attached hydrogens (tertiary/aromatic N) is 1. The van der Waals surface area contributed by atoms with Crippen LogP contribution in [0.2, 0.25) is 5.15 Å². The Kier molecular flexibility index (Phi) is 4.98. The molecule has 1 rings (SSSR count). The fourth-order valence-corrected chi connectivity index (χ4v) is 1.59. The van der Waals surface area contributed by atoms with Gasteiger partial charge in [-0.2, -0.15) is 0 Å². The van der Waals surface area contributed by atoms with Crippen LogP contribution in [0.3, 0.4) is 0 Å².